The second-order valence-electron chi connectivity index (χ2n) is 4.31. The Hall–Kier alpha value is -1.57. The summed E-state index contributed by atoms with van der Waals surface area (Å²) in [5, 5.41) is 0. The van der Waals surface area contributed by atoms with E-state index in [0.29, 0.717) is 18.6 Å². The van der Waals surface area contributed by atoms with Crippen LogP contribution in [-0.2, 0) is 11.2 Å². The van der Waals surface area contributed by atoms with Crippen LogP contribution in [0.5, 0.6) is 5.75 Å². The number of Topliss-reactive ketones (excluding diaryl/α,β-unsaturated/α-hetero) is 1. The minimum atomic E-state index is 0.339. The van der Waals surface area contributed by atoms with E-state index in [1.54, 1.807) is 7.11 Å². The van der Waals surface area contributed by atoms with Crippen molar-refractivity contribution in [2.75, 3.05) is 7.11 Å². The van der Waals surface area contributed by atoms with Crippen molar-refractivity contribution in [2.24, 2.45) is 0 Å². The van der Waals surface area contributed by atoms with Crippen LogP contribution in [0, 0.1) is 0 Å². The SMILES string of the molecule is CC/C=C\CCC(=O)CCc1ccc(OC)cc1. The second kappa shape index (κ2) is 8.51. The quantitative estimate of drug-likeness (QED) is 0.649. The first kappa shape index (κ1) is 14.5. The highest BCUT2D eigenvalue weighted by molar-refractivity contribution is 5.78. The zero-order chi connectivity index (χ0) is 13.2. The van der Waals surface area contributed by atoms with E-state index in [0.717, 1.165) is 25.0 Å². The van der Waals surface area contributed by atoms with Gasteiger partial charge in [0.25, 0.3) is 0 Å². The number of carbonyl (C=O) groups excluding carboxylic acids is 1. The Balaban J connectivity index is 2.26. The minimum Gasteiger partial charge on any atom is -0.497 e. The van der Waals surface area contributed by atoms with Gasteiger partial charge >= 0.3 is 0 Å². The maximum absolute atomic E-state index is 11.6. The largest absolute Gasteiger partial charge is 0.497 e. The zero-order valence-electron chi connectivity index (χ0n) is 11.3. The third-order valence-electron chi connectivity index (χ3n) is 2.84. The minimum absolute atomic E-state index is 0.339. The molecule has 0 bridgehead atoms. The van der Waals surface area contributed by atoms with Gasteiger partial charge in [-0.25, -0.2) is 0 Å². The second-order valence-corrected chi connectivity index (χ2v) is 4.31. The number of benzene rings is 1. The molecule has 0 saturated carbocycles. The highest BCUT2D eigenvalue weighted by Crippen LogP contribution is 2.13. The molecule has 0 aliphatic rings. The van der Waals surface area contributed by atoms with E-state index in [-0.39, 0.29) is 0 Å². The average Bonchev–Trinajstić information content (AvgIpc) is 2.42. The molecule has 98 valence electrons. The van der Waals surface area contributed by atoms with Crippen molar-refractivity contribution in [3.05, 3.63) is 42.0 Å². The van der Waals surface area contributed by atoms with Crippen LogP contribution in [-0.4, -0.2) is 12.9 Å². The first-order valence-corrected chi connectivity index (χ1v) is 6.56. The summed E-state index contributed by atoms with van der Waals surface area (Å²) in [7, 11) is 1.66. The predicted octanol–water partition coefficient (Wildman–Crippen LogP) is 3.94. The highest BCUT2D eigenvalue weighted by Gasteiger charge is 2.02. The number of methoxy groups -OCH3 is 1. The van der Waals surface area contributed by atoms with Crippen molar-refractivity contribution in [3.63, 3.8) is 0 Å². The molecular weight excluding hydrogens is 224 g/mol. The fourth-order valence-electron chi connectivity index (χ4n) is 1.73. The van der Waals surface area contributed by atoms with Gasteiger partial charge in [-0.3, -0.25) is 4.79 Å². The molecule has 18 heavy (non-hydrogen) atoms. The van der Waals surface area contributed by atoms with Crippen LogP contribution in [0.2, 0.25) is 0 Å². The van der Waals surface area contributed by atoms with Gasteiger partial charge in [0.05, 0.1) is 7.11 Å². The lowest BCUT2D eigenvalue weighted by molar-refractivity contribution is -0.118. The monoisotopic (exact) mass is 246 g/mol. The number of hydrogen-bond acceptors (Lipinski definition) is 2. The van der Waals surface area contributed by atoms with Crippen LogP contribution in [0.3, 0.4) is 0 Å². The number of rotatable bonds is 8. The van der Waals surface area contributed by atoms with Crippen molar-refractivity contribution >= 4 is 5.78 Å². The first-order valence-electron chi connectivity index (χ1n) is 6.56. The molecule has 0 spiro atoms. The zero-order valence-corrected chi connectivity index (χ0v) is 11.3. The summed E-state index contributed by atoms with van der Waals surface area (Å²) in [5.74, 6) is 1.20. The molecule has 0 aliphatic carbocycles. The van der Waals surface area contributed by atoms with Crippen molar-refractivity contribution < 1.29 is 9.53 Å². The standard InChI is InChI=1S/C16H22O2/c1-3-4-5-6-7-15(17)11-8-14-9-12-16(18-2)13-10-14/h4-5,9-10,12-13H,3,6-8,11H2,1-2H3/b5-4-. The summed E-state index contributed by atoms with van der Waals surface area (Å²) < 4.78 is 5.10. The molecule has 0 unspecified atom stereocenters. The van der Waals surface area contributed by atoms with E-state index < -0.39 is 0 Å². The Kier molecular flexibility index (Phi) is 6.85. The van der Waals surface area contributed by atoms with E-state index in [1.807, 2.05) is 24.3 Å². The summed E-state index contributed by atoms with van der Waals surface area (Å²) in [5.41, 5.74) is 1.19. The Bertz CT molecular complexity index is 377. The maximum atomic E-state index is 11.6. The summed E-state index contributed by atoms with van der Waals surface area (Å²) in [6.45, 7) is 2.10. The lowest BCUT2D eigenvalue weighted by Crippen LogP contribution is -1.99. The molecule has 0 saturated heterocycles. The van der Waals surface area contributed by atoms with Crippen molar-refractivity contribution in [3.8, 4) is 5.75 Å². The Morgan fingerprint density at radius 3 is 2.50 bits per heavy atom. The van der Waals surface area contributed by atoms with Gasteiger partial charge in [0.1, 0.15) is 11.5 Å². The molecule has 0 heterocycles. The molecule has 2 nitrogen and oxygen atoms in total. The molecular formula is C16H22O2. The van der Waals surface area contributed by atoms with Gasteiger partial charge in [-0.1, -0.05) is 31.2 Å². The van der Waals surface area contributed by atoms with Crippen LogP contribution in [0.15, 0.2) is 36.4 Å². The van der Waals surface area contributed by atoms with E-state index in [4.69, 9.17) is 4.74 Å². The van der Waals surface area contributed by atoms with E-state index in [1.165, 1.54) is 5.56 Å². The smallest absolute Gasteiger partial charge is 0.133 e. The summed E-state index contributed by atoms with van der Waals surface area (Å²) in [6, 6.07) is 7.90. The molecule has 2 heteroatoms. The number of hydrogen-bond donors (Lipinski definition) is 0. The van der Waals surface area contributed by atoms with Crippen molar-refractivity contribution in [1.29, 1.82) is 0 Å². The first-order chi connectivity index (χ1) is 8.76. The van der Waals surface area contributed by atoms with Crippen LogP contribution in [0.4, 0.5) is 0 Å². The highest BCUT2D eigenvalue weighted by atomic mass is 16.5. The van der Waals surface area contributed by atoms with E-state index >= 15 is 0 Å². The molecule has 1 aromatic carbocycles. The van der Waals surface area contributed by atoms with Gasteiger partial charge in [-0.05, 0) is 37.0 Å². The normalized spacial score (nSPS) is 10.8. The summed E-state index contributed by atoms with van der Waals surface area (Å²) in [6.07, 6.45) is 8.22. The lowest BCUT2D eigenvalue weighted by atomic mass is 10.0. The Morgan fingerprint density at radius 2 is 1.89 bits per heavy atom. The molecule has 1 aromatic rings. The Labute approximate surface area is 110 Å². The average molecular weight is 246 g/mol. The number of ether oxygens (including phenoxy) is 1. The van der Waals surface area contributed by atoms with Crippen LogP contribution < -0.4 is 4.74 Å². The van der Waals surface area contributed by atoms with Crippen molar-refractivity contribution in [2.45, 2.75) is 39.0 Å². The summed E-state index contributed by atoms with van der Waals surface area (Å²) in [4.78, 5) is 11.6. The molecule has 0 N–H and O–H groups in total. The fraction of sp³-hybridized carbons (Fsp3) is 0.438. The number of allylic oxidation sites excluding steroid dienone is 2. The predicted molar refractivity (Wildman–Crippen MR) is 75.0 cm³/mol. The van der Waals surface area contributed by atoms with Crippen molar-refractivity contribution in [1.82, 2.24) is 0 Å². The maximum Gasteiger partial charge on any atom is 0.133 e. The van der Waals surface area contributed by atoms with Gasteiger partial charge < -0.3 is 4.74 Å². The van der Waals surface area contributed by atoms with E-state index in [9.17, 15) is 4.79 Å². The number of ketones is 1. The molecule has 0 radical (unpaired) electrons. The van der Waals surface area contributed by atoms with Gasteiger partial charge in [0.2, 0.25) is 0 Å². The number of carbonyl (C=O) groups is 1. The topological polar surface area (TPSA) is 26.3 Å². The van der Waals surface area contributed by atoms with Crippen LogP contribution >= 0.6 is 0 Å². The van der Waals surface area contributed by atoms with Gasteiger partial charge in [-0.2, -0.15) is 0 Å². The molecule has 0 atom stereocenters. The Morgan fingerprint density at radius 1 is 1.17 bits per heavy atom. The third kappa shape index (κ3) is 5.67. The fourth-order valence-corrected chi connectivity index (χ4v) is 1.73. The van der Waals surface area contributed by atoms with Gasteiger partial charge in [0, 0.05) is 12.8 Å². The molecule has 0 aromatic heterocycles. The molecule has 0 fully saturated rings. The van der Waals surface area contributed by atoms with Crippen LogP contribution in [0.25, 0.3) is 0 Å². The molecule has 0 amide bonds. The number of aryl methyl sites for hydroxylation is 1. The van der Waals surface area contributed by atoms with Gasteiger partial charge in [0.15, 0.2) is 0 Å². The lowest BCUT2D eigenvalue weighted by Gasteiger charge is -2.03. The molecule has 1 rings (SSSR count). The van der Waals surface area contributed by atoms with Gasteiger partial charge in [-0.15, -0.1) is 0 Å². The summed E-state index contributed by atoms with van der Waals surface area (Å²) >= 11 is 0. The molecule has 0 aliphatic heterocycles. The third-order valence-corrected chi connectivity index (χ3v) is 2.84. The van der Waals surface area contributed by atoms with Crippen LogP contribution in [0.1, 0.15) is 38.2 Å². The van der Waals surface area contributed by atoms with E-state index in [2.05, 4.69) is 19.1 Å².